The van der Waals surface area contributed by atoms with Crippen LogP contribution < -0.4 is 10.5 Å². The van der Waals surface area contributed by atoms with E-state index in [1.807, 2.05) is 0 Å². The van der Waals surface area contributed by atoms with Crippen molar-refractivity contribution in [3.05, 3.63) is 41.8 Å². The normalized spacial score (nSPS) is 10.2. The Kier molecular flexibility index (Phi) is 3.33. The molecule has 0 saturated heterocycles. The predicted molar refractivity (Wildman–Crippen MR) is 67.6 cm³/mol. The quantitative estimate of drug-likeness (QED) is 0.885. The van der Waals surface area contributed by atoms with Gasteiger partial charge in [0.05, 0.1) is 18.5 Å². The van der Waals surface area contributed by atoms with Crippen molar-refractivity contribution in [2.24, 2.45) is 0 Å². The number of nitrogen functional groups attached to an aromatic ring is 1. The minimum absolute atomic E-state index is 0.0670. The van der Waals surface area contributed by atoms with Crippen LogP contribution in [-0.2, 0) is 0 Å². The molecule has 0 amide bonds. The Bertz CT molecular complexity index is 644. The van der Waals surface area contributed by atoms with Crippen LogP contribution in [0.2, 0.25) is 0 Å². The van der Waals surface area contributed by atoms with Crippen molar-refractivity contribution in [1.82, 2.24) is 4.98 Å². The smallest absolute Gasteiger partial charge is 0.356 e. The number of aromatic nitrogens is 1. The van der Waals surface area contributed by atoms with Gasteiger partial charge < -0.3 is 15.6 Å². The van der Waals surface area contributed by atoms with E-state index in [1.165, 1.54) is 31.4 Å². The van der Waals surface area contributed by atoms with E-state index < -0.39 is 11.8 Å². The van der Waals surface area contributed by atoms with Crippen LogP contribution in [-0.4, -0.2) is 23.2 Å². The third kappa shape index (κ3) is 2.47. The van der Waals surface area contributed by atoms with Gasteiger partial charge in [-0.05, 0) is 24.3 Å². The van der Waals surface area contributed by atoms with Crippen molar-refractivity contribution in [2.75, 3.05) is 12.8 Å². The van der Waals surface area contributed by atoms with Gasteiger partial charge in [-0.15, -0.1) is 0 Å². The van der Waals surface area contributed by atoms with Gasteiger partial charge in [-0.1, -0.05) is 0 Å². The molecule has 6 heteroatoms. The number of benzene rings is 1. The summed E-state index contributed by atoms with van der Waals surface area (Å²) in [5.74, 6) is -1.40. The van der Waals surface area contributed by atoms with E-state index in [2.05, 4.69) is 4.98 Å². The van der Waals surface area contributed by atoms with Crippen molar-refractivity contribution in [1.29, 1.82) is 0 Å². The molecule has 2 aromatic rings. The number of halogens is 1. The van der Waals surface area contributed by atoms with Crippen LogP contribution in [0.15, 0.2) is 30.3 Å². The van der Waals surface area contributed by atoms with Gasteiger partial charge in [-0.2, -0.15) is 0 Å². The molecule has 0 bridgehead atoms. The van der Waals surface area contributed by atoms with Gasteiger partial charge in [0.25, 0.3) is 0 Å². The summed E-state index contributed by atoms with van der Waals surface area (Å²) in [5.41, 5.74) is 6.19. The Balaban J connectivity index is 2.59. The standard InChI is InChI=1S/C13H11FN2O3/c1-19-11-6-7(14)2-3-8(11)10-5-4-9(15)12(16-10)13(17)18/h2-6H,15H2,1H3,(H,17,18). The van der Waals surface area contributed by atoms with E-state index in [4.69, 9.17) is 15.6 Å². The number of rotatable bonds is 3. The van der Waals surface area contributed by atoms with Crippen LogP contribution in [0.1, 0.15) is 10.5 Å². The molecule has 0 aliphatic carbocycles. The third-order valence-electron chi connectivity index (χ3n) is 2.57. The number of methoxy groups -OCH3 is 1. The highest BCUT2D eigenvalue weighted by molar-refractivity contribution is 5.92. The first-order valence-electron chi connectivity index (χ1n) is 5.36. The zero-order valence-electron chi connectivity index (χ0n) is 10.1. The number of ether oxygens (including phenoxy) is 1. The van der Waals surface area contributed by atoms with Crippen molar-refractivity contribution in [3.8, 4) is 17.0 Å². The van der Waals surface area contributed by atoms with Gasteiger partial charge in [-0.3, -0.25) is 0 Å². The van der Waals surface area contributed by atoms with Crippen LogP contribution in [0.25, 0.3) is 11.3 Å². The van der Waals surface area contributed by atoms with Gasteiger partial charge in [0, 0.05) is 11.6 Å². The number of hydrogen-bond acceptors (Lipinski definition) is 4. The Morgan fingerprint density at radius 1 is 1.37 bits per heavy atom. The maximum Gasteiger partial charge on any atom is 0.356 e. The lowest BCUT2D eigenvalue weighted by Gasteiger charge is -2.09. The van der Waals surface area contributed by atoms with Gasteiger partial charge in [0.2, 0.25) is 0 Å². The zero-order chi connectivity index (χ0) is 14.0. The van der Waals surface area contributed by atoms with E-state index in [9.17, 15) is 9.18 Å². The molecule has 0 fully saturated rings. The van der Waals surface area contributed by atoms with Crippen molar-refractivity contribution in [2.45, 2.75) is 0 Å². The second-order valence-corrected chi connectivity index (χ2v) is 3.78. The predicted octanol–water partition coefficient (Wildman–Crippen LogP) is 2.18. The van der Waals surface area contributed by atoms with Crippen molar-refractivity contribution >= 4 is 11.7 Å². The molecule has 1 heterocycles. The molecule has 19 heavy (non-hydrogen) atoms. The van der Waals surface area contributed by atoms with Crippen LogP contribution in [0.3, 0.4) is 0 Å². The van der Waals surface area contributed by atoms with Crippen molar-refractivity contribution in [3.63, 3.8) is 0 Å². The number of carboxylic acids is 1. The van der Waals surface area contributed by atoms with Crippen LogP contribution in [0.4, 0.5) is 10.1 Å². The second-order valence-electron chi connectivity index (χ2n) is 3.78. The number of anilines is 1. The Morgan fingerprint density at radius 3 is 2.74 bits per heavy atom. The van der Waals surface area contributed by atoms with E-state index >= 15 is 0 Å². The summed E-state index contributed by atoms with van der Waals surface area (Å²) in [7, 11) is 1.40. The molecule has 0 aliphatic heterocycles. The molecule has 0 radical (unpaired) electrons. The van der Waals surface area contributed by atoms with Crippen molar-refractivity contribution < 1.29 is 19.0 Å². The SMILES string of the molecule is COc1cc(F)ccc1-c1ccc(N)c(C(=O)O)n1. The number of aromatic carboxylic acids is 1. The Morgan fingerprint density at radius 2 is 2.11 bits per heavy atom. The molecule has 0 aliphatic rings. The minimum atomic E-state index is -1.22. The first-order valence-corrected chi connectivity index (χ1v) is 5.36. The molecular formula is C13H11FN2O3. The number of hydrogen-bond donors (Lipinski definition) is 2. The molecule has 98 valence electrons. The fourth-order valence-corrected chi connectivity index (χ4v) is 1.67. The summed E-state index contributed by atoms with van der Waals surface area (Å²) in [6, 6.07) is 6.91. The molecule has 1 aromatic carbocycles. The van der Waals surface area contributed by atoms with E-state index in [-0.39, 0.29) is 17.1 Å². The Hall–Kier alpha value is -2.63. The monoisotopic (exact) mass is 262 g/mol. The second kappa shape index (κ2) is 4.93. The van der Waals surface area contributed by atoms with Gasteiger partial charge in [-0.25, -0.2) is 14.2 Å². The van der Waals surface area contributed by atoms with Gasteiger partial charge in [0.1, 0.15) is 11.6 Å². The topological polar surface area (TPSA) is 85.4 Å². The van der Waals surface area contributed by atoms with Crippen LogP contribution >= 0.6 is 0 Å². The lowest BCUT2D eigenvalue weighted by molar-refractivity contribution is 0.0692. The molecular weight excluding hydrogens is 251 g/mol. The van der Waals surface area contributed by atoms with Gasteiger partial charge >= 0.3 is 5.97 Å². The number of carboxylic acid groups (broad SMARTS) is 1. The molecule has 3 N–H and O–H groups in total. The molecule has 1 aromatic heterocycles. The summed E-state index contributed by atoms with van der Waals surface area (Å²) in [5, 5.41) is 8.97. The maximum absolute atomic E-state index is 13.1. The first kappa shape index (κ1) is 12.8. The maximum atomic E-state index is 13.1. The average molecular weight is 262 g/mol. The zero-order valence-corrected chi connectivity index (χ0v) is 10.1. The molecule has 0 atom stereocenters. The van der Waals surface area contributed by atoms with Crippen LogP contribution in [0.5, 0.6) is 5.75 Å². The fraction of sp³-hybridized carbons (Fsp3) is 0.0769. The molecule has 0 saturated carbocycles. The minimum Gasteiger partial charge on any atom is -0.496 e. The Labute approximate surface area is 108 Å². The van der Waals surface area contributed by atoms with E-state index in [1.54, 1.807) is 6.07 Å². The lowest BCUT2D eigenvalue weighted by Crippen LogP contribution is -2.06. The average Bonchev–Trinajstić information content (AvgIpc) is 2.39. The highest BCUT2D eigenvalue weighted by atomic mass is 19.1. The largest absolute Gasteiger partial charge is 0.496 e. The third-order valence-corrected chi connectivity index (χ3v) is 2.57. The summed E-state index contributed by atoms with van der Waals surface area (Å²) < 4.78 is 18.2. The fourth-order valence-electron chi connectivity index (χ4n) is 1.67. The van der Waals surface area contributed by atoms with Crippen LogP contribution in [0, 0.1) is 5.82 Å². The summed E-state index contributed by atoms with van der Waals surface area (Å²) >= 11 is 0. The van der Waals surface area contributed by atoms with E-state index in [0.29, 0.717) is 11.3 Å². The number of nitrogens with two attached hydrogens (primary N) is 1. The molecule has 2 rings (SSSR count). The highest BCUT2D eigenvalue weighted by Crippen LogP contribution is 2.30. The lowest BCUT2D eigenvalue weighted by atomic mass is 10.1. The first-order chi connectivity index (χ1) is 9.02. The number of carbonyl (C=O) groups is 1. The summed E-state index contributed by atoms with van der Waals surface area (Å²) in [4.78, 5) is 14.9. The van der Waals surface area contributed by atoms with E-state index in [0.717, 1.165) is 0 Å². The summed E-state index contributed by atoms with van der Waals surface area (Å²) in [6.07, 6.45) is 0. The summed E-state index contributed by atoms with van der Waals surface area (Å²) in [6.45, 7) is 0. The molecule has 0 spiro atoms. The number of nitrogens with zero attached hydrogens (tertiary/aromatic N) is 1. The highest BCUT2D eigenvalue weighted by Gasteiger charge is 2.14. The molecule has 0 unspecified atom stereocenters. The molecule has 5 nitrogen and oxygen atoms in total. The number of pyridine rings is 1. The van der Waals surface area contributed by atoms with Gasteiger partial charge in [0.15, 0.2) is 5.69 Å².